The van der Waals surface area contributed by atoms with E-state index in [1.54, 1.807) is 0 Å². The Bertz CT molecular complexity index is 729. The first kappa shape index (κ1) is 18.3. The van der Waals surface area contributed by atoms with Crippen LogP contribution in [0.1, 0.15) is 54.7 Å². The van der Waals surface area contributed by atoms with E-state index in [9.17, 15) is 4.79 Å². The zero-order valence-corrected chi connectivity index (χ0v) is 15.4. The van der Waals surface area contributed by atoms with Gasteiger partial charge in [-0.1, -0.05) is 19.0 Å². The lowest BCUT2D eigenvalue weighted by atomic mass is 9.90. The maximum Gasteiger partial charge on any atom is 0.253 e. The zero-order valence-electron chi connectivity index (χ0n) is 15.4. The predicted molar refractivity (Wildman–Crippen MR) is 94.4 cm³/mol. The summed E-state index contributed by atoms with van der Waals surface area (Å²) in [6, 6.07) is 3.73. The summed E-state index contributed by atoms with van der Waals surface area (Å²) < 4.78 is 7.08. The van der Waals surface area contributed by atoms with E-state index in [4.69, 9.17) is 10.3 Å². The number of hydrogen-bond acceptors (Lipinski definition) is 4. The van der Waals surface area contributed by atoms with Crippen molar-refractivity contribution in [2.24, 2.45) is 11.7 Å². The van der Waals surface area contributed by atoms with E-state index >= 15 is 0 Å². The van der Waals surface area contributed by atoms with Crippen molar-refractivity contribution in [1.82, 2.24) is 15.0 Å². The van der Waals surface area contributed by atoms with Gasteiger partial charge in [-0.25, -0.2) is 0 Å². The van der Waals surface area contributed by atoms with Gasteiger partial charge in [0.25, 0.3) is 5.91 Å². The number of rotatable bonds is 6. The molecule has 0 radical (unpaired) electrons. The van der Waals surface area contributed by atoms with Crippen LogP contribution in [0.3, 0.4) is 0 Å². The molecule has 2 heterocycles. The fourth-order valence-electron chi connectivity index (χ4n) is 3.23. The first-order valence-corrected chi connectivity index (χ1v) is 8.32. The smallest absolute Gasteiger partial charge is 0.253 e. The highest BCUT2D eigenvalue weighted by Gasteiger charge is 2.28. The molecular formula is C18H28N4O2. The standard InChI is InChI=1S/C18H28N4O2/c1-11(2)9-18(6,10-19)20-17(23)15-7-12(3)22(14(15)5)16-8-13(4)24-21-16/h7-8,11H,9-10,19H2,1-6H3,(H,20,23). The molecule has 1 unspecified atom stereocenters. The van der Waals surface area contributed by atoms with Gasteiger partial charge in [0.2, 0.25) is 0 Å². The zero-order chi connectivity index (χ0) is 18.1. The molecule has 24 heavy (non-hydrogen) atoms. The lowest BCUT2D eigenvalue weighted by Crippen LogP contribution is -2.52. The predicted octanol–water partition coefficient (Wildman–Crippen LogP) is 2.88. The van der Waals surface area contributed by atoms with Crippen molar-refractivity contribution >= 4 is 5.91 Å². The van der Waals surface area contributed by atoms with Gasteiger partial charge in [0, 0.05) is 29.5 Å². The van der Waals surface area contributed by atoms with Gasteiger partial charge >= 0.3 is 0 Å². The molecule has 6 nitrogen and oxygen atoms in total. The van der Waals surface area contributed by atoms with Crippen LogP contribution in [0.5, 0.6) is 0 Å². The SMILES string of the molecule is Cc1cc(-n2c(C)cc(C(=O)NC(C)(CN)CC(C)C)c2C)no1. The Morgan fingerprint density at radius 3 is 2.54 bits per heavy atom. The van der Waals surface area contributed by atoms with Crippen LogP contribution >= 0.6 is 0 Å². The molecule has 0 aromatic carbocycles. The van der Waals surface area contributed by atoms with Gasteiger partial charge in [-0.05, 0) is 46.1 Å². The molecule has 6 heteroatoms. The van der Waals surface area contributed by atoms with Crippen LogP contribution in [0.15, 0.2) is 16.7 Å². The first-order valence-electron chi connectivity index (χ1n) is 8.32. The van der Waals surface area contributed by atoms with Crippen LogP contribution < -0.4 is 11.1 Å². The minimum atomic E-state index is -0.418. The maximum atomic E-state index is 12.8. The molecule has 0 bridgehead atoms. The Kier molecular flexibility index (Phi) is 5.18. The second-order valence-corrected chi connectivity index (χ2v) is 7.23. The number of carbonyl (C=O) groups is 1. The Labute approximate surface area is 143 Å². The van der Waals surface area contributed by atoms with Crippen LogP contribution in [0.25, 0.3) is 5.82 Å². The number of carbonyl (C=O) groups excluding carboxylic acids is 1. The molecule has 3 N–H and O–H groups in total. The molecule has 0 saturated carbocycles. The number of amides is 1. The summed E-state index contributed by atoms with van der Waals surface area (Å²) in [6.45, 7) is 12.3. The largest absolute Gasteiger partial charge is 0.360 e. The van der Waals surface area contributed by atoms with Crippen LogP contribution in [-0.2, 0) is 0 Å². The molecule has 132 valence electrons. The molecule has 2 aromatic heterocycles. The summed E-state index contributed by atoms with van der Waals surface area (Å²) in [5.41, 5.74) is 7.89. The molecule has 2 rings (SSSR count). The van der Waals surface area contributed by atoms with E-state index in [0.29, 0.717) is 23.8 Å². The average Bonchev–Trinajstić information content (AvgIpc) is 3.01. The summed E-state index contributed by atoms with van der Waals surface area (Å²) in [4.78, 5) is 12.8. The highest BCUT2D eigenvalue weighted by Crippen LogP contribution is 2.22. The topological polar surface area (TPSA) is 86.1 Å². The van der Waals surface area contributed by atoms with Crippen LogP contribution in [0, 0.1) is 26.7 Å². The van der Waals surface area contributed by atoms with Gasteiger partial charge in [-0.15, -0.1) is 0 Å². The molecule has 0 spiro atoms. The van der Waals surface area contributed by atoms with Crippen molar-refractivity contribution in [3.05, 3.63) is 34.8 Å². The number of nitrogens with zero attached hydrogens (tertiary/aromatic N) is 2. The molecular weight excluding hydrogens is 304 g/mol. The third kappa shape index (κ3) is 3.70. The van der Waals surface area contributed by atoms with Crippen molar-refractivity contribution in [2.75, 3.05) is 6.54 Å². The van der Waals surface area contributed by atoms with Gasteiger partial charge in [-0.2, -0.15) is 0 Å². The maximum absolute atomic E-state index is 12.8. The molecule has 0 aliphatic carbocycles. The van der Waals surface area contributed by atoms with Crippen LogP contribution in [0.2, 0.25) is 0 Å². The van der Waals surface area contributed by atoms with E-state index in [1.807, 2.05) is 44.4 Å². The Morgan fingerprint density at radius 2 is 2.04 bits per heavy atom. The van der Waals surface area contributed by atoms with E-state index in [2.05, 4.69) is 24.3 Å². The summed E-state index contributed by atoms with van der Waals surface area (Å²) in [6.07, 6.45) is 0.830. The van der Waals surface area contributed by atoms with Crippen molar-refractivity contribution in [2.45, 2.75) is 53.5 Å². The molecule has 0 aliphatic heterocycles. The normalized spacial score (nSPS) is 14.0. The fraction of sp³-hybridized carbons (Fsp3) is 0.556. The van der Waals surface area contributed by atoms with Crippen LogP contribution in [-0.4, -0.2) is 27.7 Å². The fourth-order valence-corrected chi connectivity index (χ4v) is 3.23. The van der Waals surface area contributed by atoms with Crippen molar-refractivity contribution < 1.29 is 9.32 Å². The van der Waals surface area contributed by atoms with E-state index in [-0.39, 0.29) is 5.91 Å². The summed E-state index contributed by atoms with van der Waals surface area (Å²) in [5, 5.41) is 7.15. The Balaban J connectivity index is 2.31. The number of nitrogens with one attached hydrogen (secondary N) is 1. The minimum absolute atomic E-state index is 0.108. The van der Waals surface area contributed by atoms with Crippen molar-refractivity contribution in [3.63, 3.8) is 0 Å². The quantitative estimate of drug-likeness (QED) is 0.851. The van der Waals surface area contributed by atoms with E-state index in [1.165, 1.54) is 0 Å². The number of aryl methyl sites for hydroxylation is 2. The highest BCUT2D eigenvalue weighted by molar-refractivity contribution is 5.96. The molecule has 0 saturated heterocycles. The van der Waals surface area contributed by atoms with E-state index < -0.39 is 5.54 Å². The average molecular weight is 332 g/mol. The lowest BCUT2D eigenvalue weighted by Gasteiger charge is -2.31. The van der Waals surface area contributed by atoms with E-state index in [0.717, 1.165) is 23.6 Å². The molecule has 0 fully saturated rings. The van der Waals surface area contributed by atoms with Gasteiger partial charge in [-0.3, -0.25) is 9.36 Å². The molecule has 1 atom stereocenters. The van der Waals surface area contributed by atoms with Gasteiger partial charge in [0.15, 0.2) is 5.82 Å². The minimum Gasteiger partial charge on any atom is -0.360 e. The van der Waals surface area contributed by atoms with Gasteiger partial charge in [0.1, 0.15) is 5.76 Å². The molecule has 1 amide bonds. The van der Waals surface area contributed by atoms with Crippen LogP contribution in [0.4, 0.5) is 0 Å². The summed E-state index contributed by atoms with van der Waals surface area (Å²) in [7, 11) is 0. The Hall–Kier alpha value is -2.08. The molecule has 0 aliphatic rings. The third-order valence-electron chi connectivity index (χ3n) is 4.24. The number of hydrogen-bond donors (Lipinski definition) is 2. The second kappa shape index (κ2) is 6.81. The third-order valence-corrected chi connectivity index (χ3v) is 4.24. The highest BCUT2D eigenvalue weighted by atomic mass is 16.5. The number of aromatic nitrogens is 2. The first-order chi connectivity index (χ1) is 11.2. The van der Waals surface area contributed by atoms with Gasteiger partial charge < -0.3 is 15.6 Å². The number of nitrogens with two attached hydrogens (primary N) is 1. The summed E-state index contributed by atoms with van der Waals surface area (Å²) >= 11 is 0. The monoisotopic (exact) mass is 332 g/mol. The second-order valence-electron chi connectivity index (χ2n) is 7.23. The molecule has 2 aromatic rings. The van der Waals surface area contributed by atoms with Gasteiger partial charge in [0.05, 0.1) is 5.56 Å². The van der Waals surface area contributed by atoms with Crippen molar-refractivity contribution in [1.29, 1.82) is 0 Å². The Morgan fingerprint density at radius 1 is 1.38 bits per heavy atom. The summed E-state index contributed by atoms with van der Waals surface area (Å²) in [5.74, 6) is 1.76. The lowest BCUT2D eigenvalue weighted by molar-refractivity contribution is 0.0897. The van der Waals surface area contributed by atoms with Crippen molar-refractivity contribution in [3.8, 4) is 5.82 Å².